The maximum Gasteiger partial charge on any atom is 0.319 e. The topological polar surface area (TPSA) is 101 Å². The van der Waals surface area contributed by atoms with E-state index in [9.17, 15) is 4.79 Å². The fourth-order valence-electron chi connectivity index (χ4n) is 3.01. The minimum atomic E-state index is -0.483. The number of halogens is 1. The van der Waals surface area contributed by atoms with Crippen molar-refractivity contribution in [3.63, 3.8) is 0 Å². The first kappa shape index (κ1) is 14.8. The van der Waals surface area contributed by atoms with Crippen LogP contribution < -0.4 is 10.6 Å². The number of carbonyl (C=O) groups is 1. The summed E-state index contributed by atoms with van der Waals surface area (Å²) in [6.07, 6.45) is 5.24. The van der Waals surface area contributed by atoms with Crippen molar-refractivity contribution >= 4 is 23.3 Å². The number of benzene rings is 1. The number of hydrogen-bond donors (Lipinski definition) is 2. The third-order valence-corrected chi connectivity index (χ3v) is 4.23. The van der Waals surface area contributed by atoms with E-state index in [0.29, 0.717) is 22.1 Å². The summed E-state index contributed by atoms with van der Waals surface area (Å²) >= 11 is 6.13. The van der Waals surface area contributed by atoms with Crippen molar-refractivity contribution < 1.29 is 4.79 Å². The van der Waals surface area contributed by atoms with Gasteiger partial charge in [0.15, 0.2) is 5.82 Å². The van der Waals surface area contributed by atoms with E-state index in [1.165, 1.54) is 6.42 Å². The maximum atomic E-state index is 12.1. The van der Waals surface area contributed by atoms with Crippen molar-refractivity contribution in [1.82, 2.24) is 20.6 Å². The molecule has 1 aromatic heterocycles. The first-order valence-corrected chi connectivity index (χ1v) is 7.67. The van der Waals surface area contributed by atoms with E-state index in [4.69, 9.17) is 17.3 Å². The second-order valence-electron chi connectivity index (χ2n) is 5.41. The molecule has 1 aromatic carbocycles. The van der Waals surface area contributed by atoms with E-state index in [1.54, 1.807) is 23.1 Å². The molecule has 2 aromatic rings. The summed E-state index contributed by atoms with van der Waals surface area (Å²) in [4.78, 5) is 13.7. The Morgan fingerprint density at radius 1 is 1.32 bits per heavy atom. The Hall–Kier alpha value is -2.15. The molecular weight excluding hydrogens is 304 g/mol. The quantitative estimate of drug-likeness (QED) is 0.907. The van der Waals surface area contributed by atoms with Crippen molar-refractivity contribution in [2.24, 2.45) is 5.73 Å². The predicted molar refractivity (Wildman–Crippen MR) is 83.6 cm³/mol. The van der Waals surface area contributed by atoms with Crippen molar-refractivity contribution in [3.05, 3.63) is 23.2 Å². The Kier molecular flexibility index (Phi) is 4.24. The number of anilines is 1. The van der Waals surface area contributed by atoms with E-state index in [-0.39, 0.29) is 6.04 Å². The van der Waals surface area contributed by atoms with E-state index < -0.39 is 6.03 Å². The molecule has 0 atom stereocenters. The van der Waals surface area contributed by atoms with Gasteiger partial charge in [0.2, 0.25) is 0 Å². The molecule has 0 radical (unpaired) electrons. The van der Waals surface area contributed by atoms with Gasteiger partial charge >= 0.3 is 6.03 Å². The molecule has 1 heterocycles. The third-order valence-electron chi connectivity index (χ3n) is 4.00. The zero-order valence-corrected chi connectivity index (χ0v) is 12.8. The van der Waals surface area contributed by atoms with E-state index >= 15 is 0 Å². The van der Waals surface area contributed by atoms with Crippen molar-refractivity contribution in [3.8, 4) is 11.4 Å². The minimum Gasteiger partial charge on any atom is -0.351 e. The van der Waals surface area contributed by atoms with Crippen LogP contribution in [0.15, 0.2) is 18.2 Å². The van der Waals surface area contributed by atoms with Gasteiger partial charge in [0.05, 0.1) is 5.69 Å². The maximum absolute atomic E-state index is 12.1. The Balaban J connectivity index is 2.06. The number of rotatable bonds is 3. The highest BCUT2D eigenvalue weighted by Gasteiger charge is 2.28. The van der Waals surface area contributed by atoms with Crippen LogP contribution in [-0.4, -0.2) is 32.7 Å². The fraction of sp³-hybridized carbons (Fsp3) is 0.429. The lowest BCUT2D eigenvalue weighted by Gasteiger charge is -2.34. The number of amides is 2. The predicted octanol–water partition coefficient (Wildman–Crippen LogP) is 2.74. The first-order valence-electron chi connectivity index (χ1n) is 7.29. The van der Waals surface area contributed by atoms with Crippen molar-refractivity contribution in [2.45, 2.75) is 38.1 Å². The molecule has 7 nitrogen and oxygen atoms in total. The standard InChI is InChI=1S/C14H17ClN6O/c15-9-6-7-11(13-17-19-20-18-13)12(8-9)21(14(16)22)10-4-2-1-3-5-10/h6-8,10H,1-5H2,(H2,16,22)(H,17,18,19,20). The van der Waals surface area contributed by atoms with Gasteiger partial charge in [0, 0.05) is 16.6 Å². The fourth-order valence-corrected chi connectivity index (χ4v) is 3.18. The summed E-state index contributed by atoms with van der Waals surface area (Å²) < 4.78 is 0. The number of aromatic nitrogens is 4. The zero-order valence-electron chi connectivity index (χ0n) is 12.0. The van der Waals surface area contributed by atoms with Crippen molar-refractivity contribution in [1.29, 1.82) is 0 Å². The number of H-pyrrole nitrogens is 1. The summed E-state index contributed by atoms with van der Waals surface area (Å²) in [6, 6.07) is 4.86. The number of carbonyl (C=O) groups excluding carboxylic acids is 1. The summed E-state index contributed by atoms with van der Waals surface area (Å²) in [6.45, 7) is 0. The lowest BCUT2D eigenvalue weighted by molar-refractivity contribution is 0.249. The third kappa shape index (κ3) is 2.89. The molecule has 1 fully saturated rings. The molecule has 8 heteroatoms. The monoisotopic (exact) mass is 320 g/mol. The second-order valence-corrected chi connectivity index (χ2v) is 5.85. The lowest BCUT2D eigenvalue weighted by Crippen LogP contribution is -2.45. The molecule has 0 aliphatic heterocycles. The summed E-state index contributed by atoms with van der Waals surface area (Å²) in [7, 11) is 0. The molecule has 3 N–H and O–H groups in total. The van der Waals surface area contributed by atoms with E-state index in [1.807, 2.05) is 0 Å². The van der Waals surface area contributed by atoms with Gasteiger partial charge in [-0.1, -0.05) is 30.9 Å². The number of primary amides is 1. The van der Waals surface area contributed by atoms with E-state index in [2.05, 4.69) is 20.6 Å². The second kappa shape index (κ2) is 6.31. The molecule has 0 saturated heterocycles. The average Bonchev–Trinajstić information content (AvgIpc) is 3.02. The van der Waals surface area contributed by atoms with Crippen LogP contribution in [-0.2, 0) is 0 Å². The van der Waals surface area contributed by atoms with Gasteiger partial charge in [-0.2, -0.15) is 0 Å². The number of tetrazole rings is 1. The SMILES string of the molecule is NC(=O)N(c1cc(Cl)ccc1-c1nnn[nH]1)C1CCCCC1. The number of nitrogens with zero attached hydrogens (tertiary/aromatic N) is 4. The summed E-state index contributed by atoms with van der Waals surface area (Å²) in [5, 5.41) is 14.4. The van der Waals surface area contributed by atoms with Gasteiger partial charge in [0.1, 0.15) is 0 Å². The molecule has 0 unspecified atom stereocenters. The number of nitrogens with two attached hydrogens (primary N) is 1. The van der Waals surface area contributed by atoms with Gasteiger partial charge < -0.3 is 5.73 Å². The lowest BCUT2D eigenvalue weighted by atomic mass is 9.93. The molecule has 3 rings (SSSR count). The number of hydrogen-bond acceptors (Lipinski definition) is 4. The Morgan fingerprint density at radius 3 is 2.73 bits per heavy atom. The molecule has 0 spiro atoms. The molecule has 116 valence electrons. The van der Waals surface area contributed by atoms with Gasteiger partial charge in [-0.15, -0.1) is 5.10 Å². The number of nitrogens with one attached hydrogen (secondary N) is 1. The number of aromatic amines is 1. The smallest absolute Gasteiger partial charge is 0.319 e. The minimum absolute atomic E-state index is 0.0827. The van der Waals surface area contributed by atoms with Crippen LogP contribution in [0.25, 0.3) is 11.4 Å². The van der Waals surface area contributed by atoms with E-state index in [0.717, 1.165) is 25.7 Å². The molecule has 1 saturated carbocycles. The molecule has 22 heavy (non-hydrogen) atoms. The summed E-state index contributed by atoms with van der Waals surface area (Å²) in [5.74, 6) is 0.480. The highest BCUT2D eigenvalue weighted by molar-refractivity contribution is 6.31. The Labute approximate surface area is 132 Å². The van der Waals surface area contributed by atoms with Crippen LogP contribution in [0.1, 0.15) is 32.1 Å². The van der Waals surface area contributed by atoms with Crippen LogP contribution in [0.4, 0.5) is 10.5 Å². The van der Waals surface area contributed by atoms with Gasteiger partial charge in [0.25, 0.3) is 0 Å². The Bertz CT molecular complexity index is 653. The highest BCUT2D eigenvalue weighted by Crippen LogP contribution is 2.35. The van der Waals surface area contributed by atoms with Gasteiger partial charge in [-0.05, 0) is 41.5 Å². The van der Waals surface area contributed by atoms with Crippen molar-refractivity contribution in [2.75, 3.05) is 4.90 Å². The first-order chi connectivity index (χ1) is 10.7. The largest absolute Gasteiger partial charge is 0.351 e. The van der Waals surface area contributed by atoms with Crippen LogP contribution in [0, 0.1) is 0 Å². The molecule has 1 aliphatic rings. The molecule has 2 amide bonds. The van der Waals surface area contributed by atoms with Crippen LogP contribution in [0.5, 0.6) is 0 Å². The zero-order chi connectivity index (χ0) is 15.5. The number of urea groups is 1. The normalized spacial score (nSPS) is 15.7. The highest BCUT2D eigenvalue weighted by atomic mass is 35.5. The average molecular weight is 321 g/mol. The van der Waals surface area contributed by atoms with Crippen LogP contribution in [0.2, 0.25) is 5.02 Å². The molecule has 1 aliphatic carbocycles. The summed E-state index contributed by atoms with van der Waals surface area (Å²) in [5.41, 5.74) is 7.01. The Morgan fingerprint density at radius 2 is 2.09 bits per heavy atom. The van der Waals surface area contributed by atoms with Crippen LogP contribution in [0.3, 0.4) is 0 Å². The molecular formula is C14H17ClN6O. The molecule has 0 bridgehead atoms. The van der Waals surface area contributed by atoms with Gasteiger partial charge in [-0.3, -0.25) is 4.90 Å². The van der Waals surface area contributed by atoms with Gasteiger partial charge in [-0.25, -0.2) is 9.89 Å². The van der Waals surface area contributed by atoms with Crippen LogP contribution >= 0.6 is 11.6 Å².